The number of benzene rings is 1. The van der Waals surface area contributed by atoms with Crippen LogP contribution in [0.3, 0.4) is 0 Å². The monoisotopic (exact) mass is 298 g/mol. The van der Waals surface area contributed by atoms with E-state index in [2.05, 4.69) is 18.0 Å². The lowest BCUT2D eigenvalue weighted by Gasteiger charge is -2.22. The molecule has 1 aliphatic rings. The fourth-order valence-electron chi connectivity index (χ4n) is 2.50. The Bertz CT molecular complexity index is 671. The fraction of sp³-hybridized carbons (Fsp3) is 0.294. The first-order chi connectivity index (χ1) is 10.1. The van der Waals surface area contributed by atoms with Crippen molar-refractivity contribution in [2.75, 3.05) is 11.4 Å². The lowest BCUT2D eigenvalue weighted by molar-refractivity contribution is 0.0981. The molecule has 1 atom stereocenters. The smallest absolute Gasteiger partial charge is 0.276 e. The zero-order chi connectivity index (χ0) is 14.8. The molecule has 1 aliphatic heterocycles. The quantitative estimate of drug-likeness (QED) is 0.800. The van der Waals surface area contributed by atoms with Crippen molar-refractivity contribution >= 4 is 23.4 Å². The molecule has 0 bridgehead atoms. The summed E-state index contributed by atoms with van der Waals surface area (Å²) in [5.74, 6) is -0.0131. The van der Waals surface area contributed by atoms with E-state index in [0.29, 0.717) is 10.9 Å². The molecule has 1 unspecified atom stereocenters. The zero-order valence-corrected chi connectivity index (χ0v) is 13.1. The molecule has 21 heavy (non-hydrogen) atoms. The van der Waals surface area contributed by atoms with E-state index in [9.17, 15) is 4.79 Å². The molecule has 0 radical (unpaired) electrons. The maximum Gasteiger partial charge on any atom is 0.276 e. The van der Waals surface area contributed by atoms with Gasteiger partial charge in [0.1, 0.15) is 5.69 Å². The third-order valence-electron chi connectivity index (χ3n) is 3.60. The fourth-order valence-corrected chi connectivity index (χ4v) is 3.61. The number of aryl methyl sites for hydroxylation is 1. The molecule has 0 N–H and O–H groups in total. The maximum atomic E-state index is 12.8. The van der Waals surface area contributed by atoms with E-state index in [0.717, 1.165) is 24.3 Å². The summed E-state index contributed by atoms with van der Waals surface area (Å²) in [4.78, 5) is 20.2. The molecule has 1 aromatic carbocycles. The molecule has 3 rings (SSSR count). The molecule has 0 saturated heterocycles. The van der Waals surface area contributed by atoms with Gasteiger partial charge in [-0.1, -0.05) is 25.1 Å². The molecule has 1 aromatic heterocycles. The molecular formula is C17H18N2OS. The Balaban J connectivity index is 2.00. The van der Waals surface area contributed by atoms with Gasteiger partial charge in [-0.05, 0) is 37.6 Å². The molecule has 0 saturated carbocycles. The van der Waals surface area contributed by atoms with Gasteiger partial charge >= 0.3 is 0 Å². The second-order valence-corrected chi connectivity index (χ2v) is 6.79. The van der Waals surface area contributed by atoms with Crippen LogP contribution in [0.1, 0.15) is 29.5 Å². The van der Waals surface area contributed by atoms with E-state index in [4.69, 9.17) is 0 Å². The van der Waals surface area contributed by atoms with Gasteiger partial charge in [0, 0.05) is 22.4 Å². The van der Waals surface area contributed by atoms with Crippen molar-refractivity contribution in [1.29, 1.82) is 0 Å². The van der Waals surface area contributed by atoms with Crippen LogP contribution >= 0.6 is 11.8 Å². The zero-order valence-electron chi connectivity index (χ0n) is 12.2. The topological polar surface area (TPSA) is 33.2 Å². The Labute approximate surface area is 129 Å². The molecule has 3 nitrogen and oxygen atoms in total. The van der Waals surface area contributed by atoms with Gasteiger partial charge in [0.25, 0.3) is 5.91 Å². The molecule has 4 heteroatoms. The summed E-state index contributed by atoms with van der Waals surface area (Å²) in [6.45, 7) is 4.85. The number of hydrogen-bond donors (Lipinski definition) is 0. The van der Waals surface area contributed by atoms with Crippen molar-refractivity contribution in [2.45, 2.75) is 30.4 Å². The molecule has 1 amide bonds. The standard InChI is InChI=1S/C17H18N2OS/c1-12-6-5-7-14(18-12)17(20)19-11-10-13(2)21-16-9-4-3-8-15(16)19/h3-9,13H,10-11H2,1-2H3. The second kappa shape index (κ2) is 5.90. The van der Waals surface area contributed by atoms with Gasteiger partial charge in [0.15, 0.2) is 0 Å². The Morgan fingerprint density at radius 3 is 2.86 bits per heavy atom. The van der Waals surface area contributed by atoms with Crippen molar-refractivity contribution in [1.82, 2.24) is 4.98 Å². The number of anilines is 1. The summed E-state index contributed by atoms with van der Waals surface area (Å²) in [6, 6.07) is 13.7. The molecule has 0 fully saturated rings. The van der Waals surface area contributed by atoms with Crippen LogP contribution in [0.4, 0.5) is 5.69 Å². The third kappa shape index (κ3) is 2.95. The van der Waals surface area contributed by atoms with Gasteiger partial charge in [-0.25, -0.2) is 4.98 Å². The van der Waals surface area contributed by atoms with E-state index < -0.39 is 0 Å². The number of carbonyl (C=O) groups excluding carboxylic acids is 1. The van der Waals surface area contributed by atoms with Crippen molar-refractivity contribution in [2.24, 2.45) is 0 Å². The molecule has 0 spiro atoms. The number of carbonyl (C=O) groups is 1. The SMILES string of the molecule is Cc1cccc(C(=O)N2CCC(C)Sc3ccccc32)n1. The Morgan fingerprint density at radius 2 is 2.05 bits per heavy atom. The number of rotatable bonds is 1. The number of aromatic nitrogens is 1. The molecular weight excluding hydrogens is 280 g/mol. The lowest BCUT2D eigenvalue weighted by Crippen LogP contribution is -2.32. The van der Waals surface area contributed by atoms with Gasteiger partial charge in [0.05, 0.1) is 5.69 Å². The second-order valence-electron chi connectivity index (χ2n) is 5.31. The van der Waals surface area contributed by atoms with Crippen molar-refractivity contribution < 1.29 is 4.79 Å². The van der Waals surface area contributed by atoms with E-state index in [1.54, 1.807) is 6.07 Å². The van der Waals surface area contributed by atoms with Crippen molar-refractivity contribution in [3.63, 3.8) is 0 Å². The highest BCUT2D eigenvalue weighted by atomic mass is 32.2. The van der Waals surface area contributed by atoms with Crippen LogP contribution in [0.5, 0.6) is 0 Å². The number of pyridine rings is 1. The van der Waals surface area contributed by atoms with Crippen molar-refractivity contribution in [3.8, 4) is 0 Å². The van der Waals surface area contributed by atoms with Gasteiger partial charge in [0.2, 0.25) is 0 Å². The van der Waals surface area contributed by atoms with Gasteiger partial charge in [-0.3, -0.25) is 4.79 Å². The Kier molecular flexibility index (Phi) is 3.97. The minimum Gasteiger partial charge on any atom is -0.306 e. The van der Waals surface area contributed by atoms with E-state index in [1.165, 1.54) is 4.90 Å². The van der Waals surface area contributed by atoms with Crippen LogP contribution in [0.25, 0.3) is 0 Å². The first kappa shape index (κ1) is 14.1. The molecule has 0 aliphatic carbocycles. The van der Waals surface area contributed by atoms with Gasteiger partial charge < -0.3 is 4.90 Å². The first-order valence-electron chi connectivity index (χ1n) is 7.16. The predicted octanol–water partition coefficient (Wildman–Crippen LogP) is 3.92. The number of fused-ring (bicyclic) bond motifs is 1. The maximum absolute atomic E-state index is 12.8. The van der Waals surface area contributed by atoms with Gasteiger partial charge in [-0.15, -0.1) is 11.8 Å². The first-order valence-corrected chi connectivity index (χ1v) is 8.04. The Morgan fingerprint density at radius 1 is 1.24 bits per heavy atom. The lowest BCUT2D eigenvalue weighted by atomic mass is 10.2. The van der Waals surface area contributed by atoms with Crippen LogP contribution in [-0.4, -0.2) is 22.7 Å². The summed E-state index contributed by atoms with van der Waals surface area (Å²) in [6.07, 6.45) is 0.983. The minimum absolute atomic E-state index is 0.0131. The normalized spacial score (nSPS) is 18.0. The van der Waals surface area contributed by atoms with E-state index in [-0.39, 0.29) is 5.91 Å². The highest BCUT2D eigenvalue weighted by Gasteiger charge is 2.25. The van der Waals surface area contributed by atoms with Crippen LogP contribution in [0.2, 0.25) is 0 Å². The summed E-state index contributed by atoms with van der Waals surface area (Å²) in [7, 11) is 0. The van der Waals surface area contributed by atoms with Crippen LogP contribution in [0, 0.1) is 6.92 Å². The minimum atomic E-state index is -0.0131. The summed E-state index contributed by atoms with van der Waals surface area (Å²) in [5, 5.41) is 0.509. The molecule has 108 valence electrons. The number of hydrogen-bond acceptors (Lipinski definition) is 3. The average molecular weight is 298 g/mol. The van der Waals surface area contributed by atoms with E-state index >= 15 is 0 Å². The van der Waals surface area contributed by atoms with Crippen LogP contribution in [0.15, 0.2) is 47.4 Å². The van der Waals surface area contributed by atoms with E-state index in [1.807, 2.05) is 53.9 Å². The Hall–Kier alpha value is -1.81. The summed E-state index contributed by atoms with van der Waals surface area (Å²) in [5.41, 5.74) is 2.39. The molecule has 2 heterocycles. The molecule has 2 aromatic rings. The van der Waals surface area contributed by atoms with Gasteiger partial charge in [-0.2, -0.15) is 0 Å². The summed E-state index contributed by atoms with van der Waals surface area (Å²) >= 11 is 1.84. The van der Waals surface area contributed by atoms with Crippen LogP contribution < -0.4 is 4.90 Å². The highest BCUT2D eigenvalue weighted by Crippen LogP contribution is 2.37. The largest absolute Gasteiger partial charge is 0.306 e. The third-order valence-corrected chi connectivity index (χ3v) is 4.83. The average Bonchev–Trinajstić information content (AvgIpc) is 2.65. The number of nitrogens with zero attached hydrogens (tertiary/aromatic N) is 2. The predicted molar refractivity (Wildman–Crippen MR) is 87.0 cm³/mol. The number of amides is 1. The number of para-hydroxylation sites is 1. The van der Waals surface area contributed by atoms with Crippen LogP contribution in [-0.2, 0) is 0 Å². The van der Waals surface area contributed by atoms with Crippen molar-refractivity contribution in [3.05, 3.63) is 53.9 Å². The highest BCUT2D eigenvalue weighted by molar-refractivity contribution is 8.00. The summed E-state index contributed by atoms with van der Waals surface area (Å²) < 4.78 is 0. The number of thioether (sulfide) groups is 1.